The number of hydrogen-bond donors (Lipinski definition) is 1. The van der Waals surface area contributed by atoms with Crippen LogP contribution < -0.4 is 9.62 Å². The number of aryl methyl sites for hydroxylation is 1. The molecule has 0 fully saturated rings. The molecule has 4 aromatic carbocycles. The first kappa shape index (κ1) is 34.9. The van der Waals surface area contributed by atoms with E-state index in [1.54, 1.807) is 12.1 Å². The van der Waals surface area contributed by atoms with Crippen molar-refractivity contribution in [2.24, 2.45) is 0 Å². The van der Waals surface area contributed by atoms with Crippen LogP contribution in [0.1, 0.15) is 36.5 Å². The number of hydrogen-bond acceptors (Lipinski definition) is 4. The lowest BCUT2D eigenvalue weighted by Gasteiger charge is -2.34. The molecule has 4 rings (SSSR count). The molecule has 0 radical (unpaired) electrons. The van der Waals surface area contributed by atoms with Crippen molar-refractivity contribution in [3.63, 3.8) is 0 Å². The Balaban J connectivity index is 1.81. The van der Waals surface area contributed by atoms with Gasteiger partial charge in [0.1, 0.15) is 18.4 Å². The number of nitrogens with one attached hydrogen (secondary N) is 1. The van der Waals surface area contributed by atoms with Crippen molar-refractivity contribution in [3.8, 4) is 0 Å². The minimum atomic E-state index is -4.35. The molecular formula is C35H36Cl2FN3O4S. The van der Waals surface area contributed by atoms with Crippen LogP contribution in [-0.2, 0) is 32.6 Å². The minimum Gasteiger partial charge on any atom is -0.354 e. The maximum atomic E-state index is 14.5. The molecule has 2 amide bonds. The van der Waals surface area contributed by atoms with Crippen LogP contribution >= 0.6 is 23.2 Å². The molecule has 0 saturated heterocycles. The summed E-state index contributed by atoms with van der Waals surface area (Å²) in [4.78, 5) is 29.6. The summed E-state index contributed by atoms with van der Waals surface area (Å²) in [6.07, 6.45) is 1.76. The van der Waals surface area contributed by atoms with Gasteiger partial charge in [-0.2, -0.15) is 0 Å². The van der Waals surface area contributed by atoms with Crippen LogP contribution in [0, 0.1) is 12.7 Å². The van der Waals surface area contributed by atoms with Gasteiger partial charge in [-0.1, -0.05) is 96.7 Å². The molecule has 0 aromatic heterocycles. The third-order valence-electron chi connectivity index (χ3n) is 7.43. The molecule has 0 aliphatic carbocycles. The van der Waals surface area contributed by atoms with Gasteiger partial charge in [-0.05, 0) is 66.9 Å². The molecule has 1 unspecified atom stereocenters. The third kappa shape index (κ3) is 9.09. The van der Waals surface area contributed by atoms with E-state index in [9.17, 15) is 22.4 Å². The van der Waals surface area contributed by atoms with Gasteiger partial charge in [0.15, 0.2) is 0 Å². The number of carbonyl (C=O) groups excluding carboxylic acids is 2. The summed E-state index contributed by atoms with van der Waals surface area (Å²) < 4.78 is 43.1. The SMILES string of the molecule is CCCCNC(=O)C(Cc1ccccc1)N(Cc1ccc(F)cc1)C(=O)CN(c1cc(Cl)ccc1Cl)S(=O)(=O)c1ccc(C)cc1. The second-order valence-corrected chi connectivity index (χ2v) is 13.6. The van der Waals surface area contributed by atoms with Crippen molar-refractivity contribution in [2.45, 2.75) is 50.6 Å². The summed E-state index contributed by atoms with van der Waals surface area (Å²) in [5.41, 5.74) is 2.22. The Morgan fingerprint density at radius 1 is 0.891 bits per heavy atom. The van der Waals surface area contributed by atoms with Crippen LogP contribution in [0.5, 0.6) is 0 Å². The van der Waals surface area contributed by atoms with E-state index in [1.165, 1.54) is 59.5 Å². The fraction of sp³-hybridized carbons (Fsp3) is 0.257. The van der Waals surface area contributed by atoms with Gasteiger partial charge in [-0.25, -0.2) is 12.8 Å². The standard InChI is InChI=1S/C35H36Cl2FN3O4S/c1-3-4-20-39-35(43)33(21-26-8-6-5-7-9-26)40(23-27-12-15-29(38)16-13-27)34(42)24-41(32-22-28(36)14-19-31(32)37)46(44,45)30-17-10-25(2)11-18-30/h5-19,22,33H,3-4,20-21,23-24H2,1-2H3,(H,39,43). The van der Waals surface area contributed by atoms with Crippen LogP contribution in [-0.4, -0.2) is 44.3 Å². The normalized spacial score (nSPS) is 11.9. The molecule has 0 heterocycles. The summed E-state index contributed by atoms with van der Waals surface area (Å²) in [5.74, 6) is -1.50. The summed E-state index contributed by atoms with van der Waals surface area (Å²) in [6, 6.07) is 24.4. The quantitative estimate of drug-likeness (QED) is 0.143. The predicted octanol–water partition coefficient (Wildman–Crippen LogP) is 7.19. The summed E-state index contributed by atoms with van der Waals surface area (Å²) in [5, 5.41) is 3.22. The van der Waals surface area contributed by atoms with Gasteiger partial charge in [-0.15, -0.1) is 0 Å². The highest BCUT2D eigenvalue weighted by Gasteiger charge is 2.35. The maximum Gasteiger partial charge on any atom is 0.264 e. The van der Waals surface area contributed by atoms with Crippen molar-refractivity contribution < 1.29 is 22.4 Å². The smallest absolute Gasteiger partial charge is 0.264 e. The topological polar surface area (TPSA) is 86.8 Å². The summed E-state index contributed by atoms with van der Waals surface area (Å²) >= 11 is 12.8. The van der Waals surface area contributed by atoms with Gasteiger partial charge in [0.05, 0.1) is 15.6 Å². The molecule has 46 heavy (non-hydrogen) atoms. The Labute approximate surface area is 280 Å². The number of benzene rings is 4. The minimum absolute atomic E-state index is 0.0110. The van der Waals surface area contributed by atoms with Gasteiger partial charge < -0.3 is 10.2 Å². The average molecular weight is 685 g/mol. The molecule has 4 aromatic rings. The highest BCUT2D eigenvalue weighted by molar-refractivity contribution is 7.92. The molecule has 0 aliphatic heterocycles. The Bertz CT molecular complexity index is 1740. The fourth-order valence-electron chi connectivity index (χ4n) is 4.87. The lowest BCUT2D eigenvalue weighted by Crippen LogP contribution is -2.53. The first-order valence-corrected chi connectivity index (χ1v) is 17.1. The molecule has 0 spiro atoms. The first-order valence-electron chi connectivity index (χ1n) is 14.9. The number of nitrogens with zero attached hydrogens (tertiary/aromatic N) is 2. The van der Waals surface area contributed by atoms with Crippen LogP contribution in [0.3, 0.4) is 0 Å². The molecule has 11 heteroatoms. The van der Waals surface area contributed by atoms with E-state index < -0.39 is 34.3 Å². The zero-order valence-electron chi connectivity index (χ0n) is 25.6. The zero-order chi connectivity index (χ0) is 33.3. The second kappa shape index (κ2) is 16.1. The van der Waals surface area contributed by atoms with E-state index in [2.05, 4.69) is 5.32 Å². The Kier molecular flexibility index (Phi) is 12.2. The number of carbonyl (C=O) groups is 2. The van der Waals surface area contributed by atoms with Crippen LogP contribution in [0.4, 0.5) is 10.1 Å². The largest absolute Gasteiger partial charge is 0.354 e. The molecular weight excluding hydrogens is 648 g/mol. The van der Waals surface area contributed by atoms with Crippen molar-refractivity contribution in [2.75, 3.05) is 17.4 Å². The summed E-state index contributed by atoms with van der Waals surface area (Å²) in [7, 11) is -4.35. The number of rotatable bonds is 14. The predicted molar refractivity (Wildman–Crippen MR) is 181 cm³/mol. The highest BCUT2D eigenvalue weighted by Crippen LogP contribution is 2.33. The second-order valence-electron chi connectivity index (χ2n) is 10.9. The lowest BCUT2D eigenvalue weighted by molar-refractivity contribution is -0.140. The van der Waals surface area contributed by atoms with Crippen molar-refractivity contribution in [3.05, 3.63) is 130 Å². The van der Waals surface area contributed by atoms with E-state index in [0.717, 1.165) is 28.3 Å². The van der Waals surface area contributed by atoms with Gasteiger partial charge in [0, 0.05) is 24.5 Å². The van der Waals surface area contributed by atoms with Crippen molar-refractivity contribution >= 4 is 50.7 Å². The first-order chi connectivity index (χ1) is 22.0. The Morgan fingerprint density at radius 2 is 1.57 bits per heavy atom. The molecule has 7 nitrogen and oxygen atoms in total. The average Bonchev–Trinajstić information content (AvgIpc) is 3.04. The van der Waals surface area contributed by atoms with Crippen molar-refractivity contribution in [1.82, 2.24) is 10.2 Å². The lowest BCUT2D eigenvalue weighted by atomic mass is 10.0. The number of sulfonamides is 1. The molecule has 0 aliphatic rings. The molecule has 242 valence electrons. The number of amides is 2. The maximum absolute atomic E-state index is 14.5. The monoisotopic (exact) mass is 683 g/mol. The van der Waals surface area contributed by atoms with E-state index in [-0.39, 0.29) is 39.5 Å². The number of anilines is 1. The van der Waals surface area contributed by atoms with E-state index in [1.807, 2.05) is 44.2 Å². The van der Waals surface area contributed by atoms with Gasteiger partial charge in [0.2, 0.25) is 11.8 Å². The summed E-state index contributed by atoms with van der Waals surface area (Å²) in [6.45, 7) is 3.47. The zero-order valence-corrected chi connectivity index (χ0v) is 28.0. The Hall–Kier alpha value is -3.92. The number of unbranched alkanes of at least 4 members (excludes halogenated alkanes) is 1. The number of halogens is 3. The highest BCUT2D eigenvalue weighted by atomic mass is 35.5. The molecule has 1 atom stereocenters. The fourth-order valence-corrected chi connectivity index (χ4v) is 6.74. The Morgan fingerprint density at radius 3 is 2.22 bits per heavy atom. The van der Waals surface area contributed by atoms with Crippen LogP contribution in [0.15, 0.2) is 102 Å². The van der Waals surface area contributed by atoms with Gasteiger partial charge in [0.25, 0.3) is 10.0 Å². The van der Waals surface area contributed by atoms with Gasteiger partial charge >= 0.3 is 0 Å². The molecule has 0 bridgehead atoms. The van der Waals surface area contributed by atoms with Crippen molar-refractivity contribution in [1.29, 1.82) is 0 Å². The third-order valence-corrected chi connectivity index (χ3v) is 9.76. The van der Waals surface area contributed by atoms with Gasteiger partial charge in [-0.3, -0.25) is 13.9 Å². The van der Waals surface area contributed by atoms with E-state index in [4.69, 9.17) is 23.2 Å². The van der Waals surface area contributed by atoms with E-state index >= 15 is 0 Å². The molecule has 0 saturated carbocycles. The van der Waals surface area contributed by atoms with Crippen LogP contribution in [0.25, 0.3) is 0 Å². The van der Waals surface area contributed by atoms with E-state index in [0.29, 0.717) is 12.1 Å². The molecule has 1 N–H and O–H groups in total. The van der Waals surface area contributed by atoms with Crippen LogP contribution in [0.2, 0.25) is 10.0 Å².